The maximum atomic E-state index is 14.0. The van der Waals surface area contributed by atoms with E-state index in [0.29, 0.717) is 11.5 Å². The summed E-state index contributed by atoms with van der Waals surface area (Å²) in [6.45, 7) is 4.82. The Morgan fingerprint density at radius 1 is 1.37 bits per heavy atom. The van der Waals surface area contributed by atoms with Crippen molar-refractivity contribution in [2.75, 3.05) is 26.7 Å². The van der Waals surface area contributed by atoms with Crippen LogP contribution in [0.25, 0.3) is 0 Å². The molecule has 1 aromatic carbocycles. The highest BCUT2D eigenvalue weighted by Crippen LogP contribution is 2.35. The van der Waals surface area contributed by atoms with Crippen molar-refractivity contribution >= 4 is 0 Å². The highest BCUT2D eigenvalue weighted by molar-refractivity contribution is 5.23. The molecule has 0 saturated carbocycles. The first-order valence-electron chi connectivity index (χ1n) is 6.99. The molecule has 0 aliphatic carbocycles. The predicted octanol–water partition coefficient (Wildman–Crippen LogP) is 2.96. The Bertz CT molecular complexity index is 423. The van der Waals surface area contributed by atoms with Crippen LogP contribution in [0.5, 0.6) is 0 Å². The quantitative estimate of drug-likeness (QED) is 0.903. The van der Waals surface area contributed by atoms with E-state index in [0.717, 1.165) is 38.5 Å². The summed E-state index contributed by atoms with van der Waals surface area (Å²) in [6.07, 6.45) is 2.21. The molecule has 1 fully saturated rings. The fourth-order valence-electron chi connectivity index (χ4n) is 3.04. The monoisotopic (exact) mass is 268 g/mol. The van der Waals surface area contributed by atoms with Crippen molar-refractivity contribution in [3.05, 3.63) is 35.4 Å². The lowest BCUT2D eigenvalue weighted by Gasteiger charge is -2.39. The van der Waals surface area contributed by atoms with Crippen LogP contribution in [0.3, 0.4) is 0 Å². The fraction of sp³-hybridized carbons (Fsp3) is 0.600. The Labute approximate surface area is 113 Å². The first-order chi connectivity index (χ1) is 9.13. The van der Waals surface area contributed by atoms with E-state index in [1.807, 2.05) is 7.05 Å². The van der Waals surface area contributed by atoms with E-state index in [1.54, 1.807) is 6.07 Å². The van der Waals surface area contributed by atoms with E-state index in [4.69, 9.17) is 0 Å². The minimum absolute atomic E-state index is 0.0356. The van der Waals surface area contributed by atoms with Gasteiger partial charge in [0.2, 0.25) is 0 Å². The number of likely N-dealkylation sites (tertiary alicyclic amines) is 1. The molecule has 1 heterocycles. The number of nitrogens with one attached hydrogen (secondary N) is 1. The Morgan fingerprint density at radius 2 is 2.16 bits per heavy atom. The van der Waals surface area contributed by atoms with Crippen molar-refractivity contribution in [3.8, 4) is 0 Å². The molecule has 19 heavy (non-hydrogen) atoms. The SMILES string of the molecule is CCNCC1CCCN(C)C1c1ccc(F)cc1F. The molecule has 2 nitrogen and oxygen atoms in total. The van der Waals surface area contributed by atoms with Gasteiger partial charge < -0.3 is 5.32 Å². The summed E-state index contributed by atoms with van der Waals surface area (Å²) in [6, 6.07) is 3.97. The minimum Gasteiger partial charge on any atom is -0.317 e. The molecule has 1 saturated heterocycles. The molecule has 0 spiro atoms. The number of piperidine rings is 1. The molecule has 0 radical (unpaired) electrons. The topological polar surface area (TPSA) is 15.3 Å². The van der Waals surface area contributed by atoms with Gasteiger partial charge in [0.25, 0.3) is 0 Å². The lowest BCUT2D eigenvalue weighted by Crippen LogP contribution is -2.40. The Morgan fingerprint density at radius 3 is 2.84 bits per heavy atom. The number of benzene rings is 1. The van der Waals surface area contributed by atoms with Gasteiger partial charge in [0.15, 0.2) is 0 Å². The highest BCUT2D eigenvalue weighted by Gasteiger charge is 2.31. The van der Waals surface area contributed by atoms with Gasteiger partial charge in [-0.25, -0.2) is 8.78 Å². The van der Waals surface area contributed by atoms with Crippen molar-refractivity contribution in [1.82, 2.24) is 10.2 Å². The highest BCUT2D eigenvalue weighted by atomic mass is 19.1. The van der Waals surface area contributed by atoms with Gasteiger partial charge in [-0.1, -0.05) is 13.0 Å². The van der Waals surface area contributed by atoms with Crippen LogP contribution >= 0.6 is 0 Å². The molecule has 0 aromatic heterocycles. The average Bonchev–Trinajstić information content (AvgIpc) is 2.37. The van der Waals surface area contributed by atoms with Crippen LogP contribution in [0.4, 0.5) is 8.78 Å². The van der Waals surface area contributed by atoms with Crippen molar-refractivity contribution in [1.29, 1.82) is 0 Å². The van der Waals surface area contributed by atoms with Gasteiger partial charge >= 0.3 is 0 Å². The van der Waals surface area contributed by atoms with Crippen molar-refractivity contribution in [3.63, 3.8) is 0 Å². The molecule has 0 amide bonds. The molecule has 1 aliphatic heterocycles. The van der Waals surface area contributed by atoms with Crippen LogP contribution in [0, 0.1) is 17.6 Å². The molecule has 1 N–H and O–H groups in total. The van der Waals surface area contributed by atoms with Crippen LogP contribution < -0.4 is 5.32 Å². The third-order valence-corrected chi connectivity index (χ3v) is 3.94. The molecule has 1 aromatic rings. The van der Waals surface area contributed by atoms with Gasteiger partial charge in [0.1, 0.15) is 11.6 Å². The first-order valence-corrected chi connectivity index (χ1v) is 6.99. The largest absolute Gasteiger partial charge is 0.317 e. The molecule has 2 unspecified atom stereocenters. The lowest BCUT2D eigenvalue weighted by molar-refractivity contribution is 0.117. The molecule has 2 rings (SSSR count). The minimum atomic E-state index is -0.511. The van der Waals surface area contributed by atoms with Crippen molar-refractivity contribution in [2.24, 2.45) is 5.92 Å². The third kappa shape index (κ3) is 3.31. The Hall–Kier alpha value is -1.00. The number of nitrogens with zero attached hydrogens (tertiary/aromatic N) is 1. The van der Waals surface area contributed by atoms with E-state index in [2.05, 4.69) is 17.1 Å². The van der Waals surface area contributed by atoms with E-state index in [-0.39, 0.29) is 6.04 Å². The van der Waals surface area contributed by atoms with Gasteiger partial charge in [0, 0.05) is 17.7 Å². The lowest BCUT2D eigenvalue weighted by atomic mass is 9.84. The van der Waals surface area contributed by atoms with Crippen LogP contribution in [-0.4, -0.2) is 31.6 Å². The third-order valence-electron chi connectivity index (χ3n) is 3.94. The summed E-state index contributed by atoms with van der Waals surface area (Å²) in [5.74, 6) is -0.568. The molecule has 1 aliphatic rings. The molecular weight excluding hydrogens is 246 g/mol. The maximum Gasteiger partial charge on any atom is 0.130 e. The second kappa shape index (κ2) is 6.44. The van der Waals surface area contributed by atoms with Gasteiger partial charge in [-0.15, -0.1) is 0 Å². The zero-order valence-corrected chi connectivity index (χ0v) is 11.6. The van der Waals surface area contributed by atoms with Gasteiger partial charge in [-0.2, -0.15) is 0 Å². The van der Waals surface area contributed by atoms with Crippen LogP contribution in [-0.2, 0) is 0 Å². The van der Waals surface area contributed by atoms with Crippen molar-refractivity contribution in [2.45, 2.75) is 25.8 Å². The van der Waals surface area contributed by atoms with Crippen LogP contribution in [0.2, 0.25) is 0 Å². The van der Waals surface area contributed by atoms with Crippen LogP contribution in [0.15, 0.2) is 18.2 Å². The summed E-state index contributed by atoms with van der Waals surface area (Å²) in [4.78, 5) is 2.18. The zero-order valence-electron chi connectivity index (χ0n) is 11.6. The zero-order chi connectivity index (χ0) is 13.8. The summed E-state index contributed by atoms with van der Waals surface area (Å²) in [5, 5.41) is 3.35. The number of hydrogen-bond donors (Lipinski definition) is 1. The first kappa shape index (κ1) is 14.4. The normalized spacial score (nSPS) is 24.6. The van der Waals surface area contributed by atoms with Crippen molar-refractivity contribution < 1.29 is 8.78 Å². The van der Waals surface area contributed by atoms with Crippen LogP contribution in [0.1, 0.15) is 31.4 Å². The maximum absolute atomic E-state index is 14.0. The second-order valence-electron chi connectivity index (χ2n) is 5.30. The standard InChI is InChI=1S/C15H22F2N2/c1-3-18-10-11-5-4-8-19(2)15(11)13-7-6-12(16)9-14(13)17/h6-7,9,11,15,18H,3-5,8,10H2,1-2H3. The van der Waals surface area contributed by atoms with Gasteiger partial charge in [-0.05, 0) is 51.5 Å². The number of rotatable bonds is 4. The average molecular weight is 268 g/mol. The summed E-state index contributed by atoms with van der Waals surface area (Å²) in [5.41, 5.74) is 0.617. The van der Waals surface area contributed by atoms with E-state index < -0.39 is 11.6 Å². The second-order valence-corrected chi connectivity index (χ2v) is 5.30. The molecular formula is C15H22F2N2. The summed E-state index contributed by atoms with van der Waals surface area (Å²) >= 11 is 0. The Kier molecular flexibility index (Phi) is 4.88. The van der Waals surface area contributed by atoms with E-state index in [1.165, 1.54) is 6.07 Å². The Balaban J connectivity index is 2.25. The van der Waals surface area contributed by atoms with Gasteiger partial charge in [0.05, 0.1) is 0 Å². The smallest absolute Gasteiger partial charge is 0.130 e. The van der Waals surface area contributed by atoms with Gasteiger partial charge in [-0.3, -0.25) is 4.90 Å². The van der Waals surface area contributed by atoms with E-state index in [9.17, 15) is 8.78 Å². The van der Waals surface area contributed by atoms with E-state index >= 15 is 0 Å². The summed E-state index contributed by atoms with van der Waals surface area (Å²) < 4.78 is 27.1. The number of halogens is 2. The molecule has 2 atom stereocenters. The summed E-state index contributed by atoms with van der Waals surface area (Å²) in [7, 11) is 2.02. The molecule has 106 valence electrons. The number of hydrogen-bond acceptors (Lipinski definition) is 2. The molecule has 4 heteroatoms. The fourth-order valence-corrected chi connectivity index (χ4v) is 3.04. The molecule has 0 bridgehead atoms. The predicted molar refractivity (Wildman–Crippen MR) is 73.0 cm³/mol.